The summed E-state index contributed by atoms with van der Waals surface area (Å²) in [6.45, 7) is 4.56. The van der Waals surface area contributed by atoms with E-state index in [1.807, 2.05) is 26.0 Å². The molecule has 7 heteroatoms. The first-order valence-electron chi connectivity index (χ1n) is 11.7. The minimum atomic E-state index is -0.905. The van der Waals surface area contributed by atoms with Crippen molar-refractivity contribution in [2.45, 2.75) is 45.1 Å². The summed E-state index contributed by atoms with van der Waals surface area (Å²) >= 11 is 0. The second-order valence-electron chi connectivity index (χ2n) is 9.94. The van der Waals surface area contributed by atoms with Gasteiger partial charge in [-0.15, -0.1) is 0 Å². The lowest BCUT2D eigenvalue weighted by atomic mass is 9.88. The maximum absolute atomic E-state index is 13.1. The monoisotopic (exact) mass is 474 g/mol. The number of ether oxygens (including phenoxy) is 2. The molecule has 1 fully saturated rings. The van der Waals surface area contributed by atoms with E-state index < -0.39 is 5.41 Å². The van der Waals surface area contributed by atoms with Crippen LogP contribution in [0, 0.1) is 11.2 Å². The van der Waals surface area contributed by atoms with Gasteiger partial charge in [0.1, 0.15) is 18.2 Å². The average molecular weight is 475 g/mol. The molecule has 0 amide bonds. The fourth-order valence-electron chi connectivity index (χ4n) is 4.30. The Labute approximate surface area is 203 Å². The molecule has 6 nitrogen and oxygen atoms in total. The lowest BCUT2D eigenvalue weighted by molar-refractivity contribution is -0.133. The number of pyridine rings is 1. The molecule has 0 atom stereocenters. The van der Waals surface area contributed by atoms with E-state index in [2.05, 4.69) is 10.3 Å². The van der Waals surface area contributed by atoms with E-state index in [-0.39, 0.29) is 35.8 Å². The number of halogens is 1. The summed E-state index contributed by atoms with van der Waals surface area (Å²) in [5.74, 6) is 1.88. The van der Waals surface area contributed by atoms with Gasteiger partial charge in [-0.25, -0.2) is 9.37 Å². The third-order valence-corrected chi connectivity index (χ3v) is 6.51. The van der Waals surface area contributed by atoms with Crippen molar-refractivity contribution in [2.24, 2.45) is 5.41 Å². The number of nitrogens with zero attached hydrogens (tertiary/aromatic N) is 1. The van der Waals surface area contributed by atoms with Crippen molar-refractivity contribution in [2.75, 3.05) is 11.9 Å². The van der Waals surface area contributed by atoms with Crippen LogP contribution in [0.2, 0.25) is 0 Å². The van der Waals surface area contributed by atoms with E-state index >= 15 is 0 Å². The molecule has 180 valence electrons. The van der Waals surface area contributed by atoms with Gasteiger partial charge in [0.15, 0.2) is 23.1 Å². The van der Waals surface area contributed by atoms with E-state index in [9.17, 15) is 14.0 Å². The smallest absolute Gasteiger partial charge is 0.204 e. The van der Waals surface area contributed by atoms with Crippen LogP contribution < -0.4 is 14.8 Å². The number of ketones is 2. The summed E-state index contributed by atoms with van der Waals surface area (Å²) in [6, 6.07) is 14.9. The molecule has 0 radical (unpaired) electrons. The molecule has 0 bridgehead atoms. The van der Waals surface area contributed by atoms with Crippen LogP contribution in [0.3, 0.4) is 0 Å². The topological polar surface area (TPSA) is 77.5 Å². The number of fused-ring (bicyclic) bond motifs is 1. The van der Waals surface area contributed by atoms with Gasteiger partial charge in [0.2, 0.25) is 5.75 Å². The number of carbonyl (C=O) groups excluding carboxylic acids is 2. The summed E-state index contributed by atoms with van der Waals surface area (Å²) in [7, 11) is 0. The fourth-order valence-corrected chi connectivity index (χ4v) is 4.30. The van der Waals surface area contributed by atoms with Gasteiger partial charge in [-0.05, 0) is 62.1 Å². The molecule has 2 aliphatic rings. The Morgan fingerprint density at radius 1 is 0.971 bits per heavy atom. The molecule has 3 aromatic rings. The Morgan fingerprint density at radius 2 is 1.57 bits per heavy atom. The quantitative estimate of drug-likeness (QED) is 0.447. The first-order chi connectivity index (χ1) is 16.7. The molecule has 0 spiro atoms. The predicted octanol–water partition coefficient (Wildman–Crippen LogP) is 5.30. The zero-order chi connectivity index (χ0) is 24.6. The summed E-state index contributed by atoms with van der Waals surface area (Å²) in [6.07, 6.45) is 3.14. The molecule has 0 saturated heterocycles. The number of hydrogen-bond acceptors (Lipinski definition) is 6. The Morgan fingerprint density at radius 3 is 2.17 bits per heavy atom. The van der Waals surface area contributed by atoms with Gasteiger partial charge < -0.3 is 14.8 Å². The molecule has 5 rings (SSSR count). The zero-order valence-corrected chi connectivity index (χ0v) is 19.8. The molecule has 1 aromatic heterocycles. The first kappa shape index (κ1) is 23.0. The fraction of sp³-hybridized carbons (Fsp3) is 0.321. The zero-order valence-electron chi connectivity index (χ0n) is 19.8. The van der Waals surface area contributed by atoms with E-state index in [4.69, 9.17) is 9.47 Å². The van der Waals surface area contributed by atoms with Gasteiger partial charge in [0.05, 0.1) is 11.0 Å². The summed E-state index contributed by atoms with van der Waals surface area (Å²) in [5, 5.41) is 3.34. The highest BCUT2D eigenvalue weighted by molar-refractivity contribution is 6.10. The molecule has 2 aromatic carbocycles. The molecule has 2 heterocycles. The average Bonchev–Trinajstić information content (AvgIpc) is 3.64. The second-order valence-corrected chi connectivity index (χ2v) is 9.94. The highest BCUT2D eigenvalue weighted by Gasteiger charge is 2.54. The predicted molar refractivity (Wildman–Crippen MR) is 129 cm³/mol. The van der Waals surface area contributed by atoms with Gasteiger partial charge in [0.25, 0.3) is 0 Å². The van der Waals surface area contributed by atoms with Crippen LogP contribution in [0.15, 0.2) is 60.8 Å². The van der Waals surface area contributed by atoms with Gasteiger partial charge in [-0.1, -0.05) is 24.3 Å². The van der Waals surface area contributed by atoms with Crippen molar-refractivity contribution in [3.05, 3.63) is 77.7 Å². The SMILES string of the molecule is CC1(C)COc2c(Oc3ccc(CC(=O)C4(C(=O)Cc5ccc(F)cc5)CC4)cc3)ccnc2N1. The third kappa shape index (κ3) is 4.90. The van der Waals surface area contributed by atoms with Crippen molar-refractivity contribution >= 4 is 17.4 Å². The Kier molecular flexibility index (Phi) is 5.79. The molecule has 1 aliphatic heterocycles. The molecular formula is C28H27FN2O4. The van der Waals surface area contributed by atoms with Crippen molar-refractivity contribution in [3.8, 4) is 17.2 Å². The lowest BCUT2D eigenvalue weighted by Crippen LogP contribution is -2.41. The van der Waals surface area contributed by atoms with Gasteiger partial charge in [-0.3, -0.25) is 9.59 Å². The number of Topliss-reactive ketones (excluding diaryl/α,β-unsaturated/α-hetero) is 2. The minimum Gasteiger partial charge on any atom is -0.484 e. The number of hydrogen-bond donors (Lipinski definition) is 1. The van der Waals surface area contributed by atoms with Crippen molar-refractivity contribution in [1.82, 2.24) is 4.98 Å². The van der Waals surface area contributed by atoms with Crippen LogP contribution in [0.25, 0.3) is 0 Å². The molecule has 0 unspecified atom stereocenters. The third-order valence-electron chi connectivity index (χ3n) is 6.51. The van der Waals surface area contributed by atoms with Crippen molar-refractivity contribution in [3.63, 3.8) is 0 Å². The normalized spacial score (nSPS) is 16.9. The number of aromatic nitrogens is 1. The highest BCUT2D eigenvalue weighted by Crippen LogP contribution is 2.49. The molecule has 1 saturated carbocycles. The van der Waals surface area contributed by atoms with Crippen molar-refractivity contribution < 1.29 is 23.5 Å². The number of nitrogens with one attached hydrogen (secondary N) is 1. The van der Waals surface area contributed by atoms with E-state index in [0.29, 0.717) is 42.5 Å². The summed E-state index contributed by atoms with van der Waals surface area (Å²) in [5.41, 5.74) is 0.418. The Balaban J connectivity index is 1.23. The molecular weight excluding hydrogens is 447 g/mol. The lowest BCUT2D eigenvalue weighted by Gasteiger charge is -2.33. The standard InChI is InChI=1S/C28H27FN2O4/c1-27(2)17-34-25-22(11-14-30-26(25)31-27)35-21-9-5-19(6-10-21)16-24(33)28(12-13-28)23(32)15-18-3-7-20(29)8-4-18/h3-11,14H,12-13,15-17H2,1-2H3,(H,30,31). The maximum atomic E-state index is 13.1. The summed E-state index contributed by atoms with van der Waals surface area (Å²) in [4.78, 5) is 30.2. The number of anilines is 1. The maximum Gasteiger partial charge on any atom is 0.204 e. The van der Waals surface area contributed by atoms with Crippen LogP contribution >= 0.6 is 0 Å². The highest BCUT2D eigenvalue weighted by atomic mass is 19.1. The molecule has 35 heavy (non-hydrogen) atoms. The number of benzene rings is 2. The van der Waals surface area contributed by atoms with Crippen LogP contribution in [0.5, 0.6) is 17.2 Å². The van der Waals surface area contributed by atoms with Crippen LogP contribution in [-0.2, 0) is 22.4 Å². The largest absolute Gasteiger partial charge is 0.484 e. The van der Waals surface area contributed by atoms with Crippen LogP contribution in [0.1, 0.15) is 37.8 Å². The minimum absolute atomic E-state index is 0.0661. The van der Waals surface area contributed by atoms with E-state index in [1.54, 1.807) is 36.5 Å². The second kappa shape index (κ2) is 8.80. The number of carbonyl (C=O) groups is 2. The van der Waals surface area contributed by atoms with Gasteiger partial charge >= 0.3 is 0 Å². The summed E-state index contributed by atoms with van der Waals surface area (Å²) < 4.78 is 25.0. The van der Waals surface area contributed by atoms with Crippen LogP contribution in [-0.4, -0.2) is 28.7 Å². The molecule has 1 N–H and O–H groups in total. The Bertz CT molecular complexity index is 1270. The van der Waals surface area contributed by atoms with Crippen LogP contribution in [0.4, 0.5) is 10.2 Å². The van der Waals surface area contributed by atoms with Gasteiger partial charge in [0, 0.05) is 25.1 Å². The first-order valence-corrected chi connectivity index (χ1v) is 11.7. The van der Waals surface area contributed by atoms with E-state index in [0.717, 1.165) is 11.1 Å². The number of rotatable bonds is 8. The van der Waals surface area contributed by atoms with E-state index in [1.165, 1.54) is 12.1 Å². The van der Waals surface area contributed by atoms with Gasteiger partial charge in [-0.2, -0.15) is 0 Å². The Hall–Kier alpha value is -3.74. The molecule has 1 aliphatic carbocycles. The van der Waals surface area contributed by atoms with Crippen molar-refractivity contribution in [1.29, 1.82) is 0 Å².